The first-order valence-electron chi connectivity index (χ1n) is 8.20. The van der Waals surface area contributed by atoms with Crippen LogP contribution < -0.4 is 10.6 Å². The Morgan fingerprint density at radius 1 is 1.14 bits per heavy atom. The molecule has 1 unspecified atom stereocenters. The highest BCUT2D eigenvalue weighted by molar-refractivity contribution is 5.67. The van der Waals surface area contributed by atoms with Gasteiger partial charge in [0.1, 0.15) is 5.60 Å². The minimum absolute atomic E-state index is 0.131. The van der Waals surface area contributed by atoms with Crippen molar-refractivity contribution in [2.45, 2.75) is 78.6 Å². The van der Waals surface area contributed by atoms with Crippen LogP contribution in [0.3, 0.4) is 0 Å². The fourth-order valence-corrected chi connectivity index (χ4v) is 2.01. The van der Waals surface area contributed by atoms with Crippen LogP contribution in [0.5, 0.6) is 0 Å². The summed E-state index contributed by atoms with van der Waals surface area (Å²) in [6, 6.07) is 0.236. The molecule has 132 valence electrons. The van der Waals surface area contributed by atoms with Crippen LogP contribution in [0.15, 0.2) is 0 Å². The summed E-state index contributed by atoms with van der Waals surface area (Å²) in [6.07, 6.45) is 1.56. The van der Waals surface area contributed by atoms with E-state index in [1.54, 1.807) is 7.11 Å². The van der Waals surface area contributed by atoms with E-state index in [1.807, 2.05) is 20.8 Å². The molecule has 5 heteroatoms. The van der Waals surface area contributed by atoms with E-state index in [4.69, 9.17) is 9.47 Å². The Kier molecular flexibility index (Phi) is 9.01. The second kappa shape index (κ2) is 9.36. The Balaban J connectivity index is 4.26. The van der Waals surface area contributed by atoms with E-state index in [9.17, 15) is 4.79 Å². The maximum absolute atomic E-state index is 11.7. The molecule has 0 aromatic rings. The van der Waals surface area contributed by atoms with Crippen LogP contribution in [0.25, 0.3) is 0 Å². The van der Waals surface area contributed by atoms with Crippen LogP contribution in [0, 0.1) is 5.92 Å². The molecule has 0 aliphatic heterocycles. The summed E-state index contributed by atoms with van der Waals surface area (Å²) in [7, 11) is 1.73. The number of ether oxygens (including phenoxy) is 2. The highest BCUT2D eigenvalue weighted by Crippen LogP contribution is 2.12. The molecule has 0 aliphatic carbocycles. The number of alkyl carbamates (subject to hydrolysis) is 1. The van der Waals surface area contributed by atoms with E-state index in [-0.39, 0.29) is 17.7 Å². The van der Waals surface area contributed by atoms with Crippen molar-refractivity contribution in [1.29, 1.82) is 0 Å². The first-order chi connectivity index (χ1) is 9.95. The van der Waals surface area contributed by atoms with Gasteiger partial charge in [0.05, 0.1) is 5.60 Å². The number of carbonyl (C=O) groups is 1. The van der Waals surface area contributed by atoms with E-state index in [2.05, 4.69) is 38.3 Å². The number of amides is 1. The molecule has 0 aliphatic rings. The summed E-state index contributed by atoms with van der Waals surface area (Å²) < 4.78 is 10.7. The molecule has 0 radical (unpaired) electrons. The van der Waals surface area contributed by atoms with Gasteiger partial charge in [0, 0.05) is 19.7 Å². The lowest BCUT2D eigenvalue weighted by Gasteiger charge is -2.26. The van der Waals surface area contributed by atoms with Gasteiger partial charge < -0.3 is 20.1 Å². The van der Waals surface area contributed by atoms with Crippen molar-refractivity contribution in [2.24, 2.45) is 5.92 Å². The van der Waals surface area contributed by atoms with Crippen LogP contribution >= 0.6 is 0 Å². The lowest BCUT2D eigenvalue weighted by atomic mass is 10.0. The van der Waals surface area contributed by atoms with Gasteiger partial charge in [0.15, 0.2) is 0 Å². The number of methoxy groups -OCH3 is 1. The minimum Gasteiger partial charge on any atom is -0.444 e. The Bertz CT molecular complexity index is 322. The highest BCUT2D eigenvalue weighted by Gasteiger charge is 2.19. The van der Waals surface area contributed by atoms with Gasteiger partial charge in [0.2, 0.25) is 0 Å². The Morgan fingerprint density at radius 2 is 1.73 bits per heavy atom. The lowest BCUT2D eigenvalue weighted by Crippen LogP contribution is -2.44. The molecular weight excluding hydrogens is 280 g/mol. The molecule has 0 saturated carbocycles. The molecule has 5 nitrogen and oxygen atoms in total. The summed E-state index contributed by atoms with van der Waals surface area (Å²) in [5.41, 5.74) is -0.596. The largest absolute Gasteiger partial charge is 0.444 e. The smallest absolute Gasteiger partial charge is 0.407 e. The molecule has 22 heavy (non-hydrogen) atoms. The molecule has 1 amide bonds. The molecule has 0 aromatic carbocycles. The van der Waals surface area contributed by atoms with Gasteiger partial charge in [-0.05, 0) is 59.9 Å². The normalized spacial score (nSPS) is 14.0. The Labute approximate surface area is 136 Å². The monoisotopic (exact) mass is 316 g/mol. The summed E-state index contributed by atoms with van der Waals surface area (Å²) in [4.78, 5) is 11.7. The van der Waals surface area contributed by atoms with Crippen molar-refractivity contribution in [3.8, 4) is 0 Å². The highest BCUT2D eigenvalue weighted by atomic mass is 16.6. The third-order valence-electron chi connectivity index (χ3n) is 3.36. The van der Waals surface area contributed by atoms with E-state index >= 15 is 0 Å². The van der Waals surface area contributed by atoms with Crippen molar-refractivity contribution >= 4 is 6.09 Å². The standard InChI is InChI=1S/C17H36N2O3/c1-13(2)11-14(18-10-9-17(6,7)21-8)12-19-15(20)22-16(3,4)5/h13-14,18H,9-12H2,1-8H3,(H,19,20). The van der Waals surface area contributed by atoms with Gasteiger partial charge in [-0.15, -0.1) is 0 Å². The molecule has 1 atom stereocenters. The van der Waals surface area contributed by atoms with Crippen LogP contribution in [0.1, 0.15) is 61.3 Å². The minimum atomic E-state index is -0.465. The van der Waals surface area contributed by atoms with E-state index < -0.39 is 5.60 Å². The molecule has 2 N–H and O–H groups in total. The maximum atomic E-state index is 11.7. The van der Waals surface area contributed by atoms with Crippen LogP contribution in [-0.4, -0.2) is 43.5 Å². The number of hydrogen-bond donors (Lipinski definition) is 2. The van der Waals surface area contributed by atoms with Crippen LogP contribution in [0.4, 0.5) is 4.79 Å². The summed E-state index contributed by atoms with van der Waals surface area (Å²) in [5.74, 6) is 0.563. The summed E-state index contributed by atoms with van der Waals surface area (Å²) >= 11 is 0. The van der Waals surface area contributed by atoms with Crippen LogP contribution in [-0.2, 0) is 9.47 Å². The molecule has 0 heterocycles. The average Bonchev–Trinajstić information content (AvgIpc) is 2.33. The summed E-state index contributed by atoms with van der Waals surface area (Å²) in [6.45, 7) is 15.5. The van der Waals surface area contributed by atoms with Crippen molar-refractivity contribution < 1.29 is 14.3 Å². The van der Waals surface area contributed by atoms with Gasteiger partial charge in [-0.25, -0.2) is 4.79 Å². The number of hydrogen-bond acceptors (Lipinski definition) is 4. The molecule has 0 fully saturated rings. The fourth-order valence-electron chi connectivity index (χ4n) is 2.01. The quantitative estimate of drug-likeness (QED) is 0.685. The zero-order valence-corrected chi connectivity index (χ0v) is 15.7. The molecule has 0 spiro atoms. The number of carbonyl (C=O) groups excluding carboxylic acids is 1. The van der Waals surface area contributed by atoms with Crippen molar-refractivity contribution in [3.63, 3.8) is 0 Å². The predicted octanol–water partition coefficient (Wildman–Crippen LogP) is 3.33. The van der Waals surface area contributed by atoms with Crippen molar-refractivity contribution in [2.75, 3.05) is 20.2 Å². The fraction of sp³-hybridized carbons (Fsp3) is 0.941. The first-order valence-corrected chi connectivity index (χ1v) is 8.20. The van der Waals surface area contributed by atoms with Gasteiger partial charge in [-0.3, -0.25) is 0 Å². The predicted molar refractivity (Wildman–Crippen MR) is 91.2 cm³/mol. The zero-order chi connectivity index (χ0) is 17.4. The molecule has 0 aromatic heterocycles. The Hall–Kier alpha value is -0.810. The van der Waals surface area contributed by atoms with Crippen molar-refractivity contribution in [3.05, 3.63) is 0 Å². The van der Waals surface area contributed by atoms with E-state index in [0.717, 1.165) is 19.4 Å². The first kappa shape index (κ1) is 21.2. The van der Waals surface area contributed by atoms with Gasteiger partial charge >= 0.3 is 6.09 Å². The van der Waals surface area contributed by atoms with E-state index in [0.29, 0.717) is 12.5 Å². The van der Waals surface area contributed by atoms with Crippen LogP contribution in [0.2, 0.25) is 0 Å². The molecule has 0 rings (SSSR count). The zero-order valence-electron chi connectivity index (χ0n) is 15.7. The summed E-state index contributed by atoms with van der Waals surface area (Å²) in [5, 5.41) is 6.36. The molecule has 0 saturated heterocycles. The van der Waals surface area contributed by atoms with Gasteiger partial charge in [0.25, 0.3) is 0 Å². The average molecular weight is 316 g/mol. The topological polar surface area (TPSA) is 59.6 Å². The van der Waals surface area contributed by atoms with Gasteiger partial charge in [-0.1, -0.05) is 13.8 Å². The number of rotatable bonds is 9. The molecular formula is C17H36N2O3. The van der Waals surface area contributed by atoms with E-state index in [1.165, 1.54) is 0 Å². The second-order valence-corrected chi connectivity index (χ2v) is 7.88. The third kappa shape index (κ3) is 11.8. The maximum Gasteiger partial charge on any atom is 0.407 e. The third-order valence-corrected chi connectivity index (χ3v) is 3.36. The second-order valence-electron chi connectivity index (χ2n) is 7.88. The Morgan fingerprint density at radius 3 is 2.18 bits per heavy atom. The molecule has 0 bridgehead atoms. The van der Waals surface area contributed by atoms with Gasteiger partial charge in [-0.2, -0.15) is 0 Å². The SMILES string of the molecule is COC(C)(C)CCNC(CNC(=O)OC(C)(C)C)CC(C)C. The number of nitrogens with one attached hydrogen (secondary N) is 2. The lowest BCUT2D eigenvalue weighted by molar-refractivity contribution is 0.0151. The van der Waals surface area contributed by atoms with Crippen molar-refractivity contribution in [1.82, 2.24) is 10.6 Å².